The minimum atomic E-state index is -0.407. The molecule has 0 amide bonds. The first-order valence-electron chi connectivity index (χ1n) is 12.4. The summed E-state index contributed by atoms with van der Waals surface area (Å²) in [6.07, 6.45) is 1.77. The summed E-state index contributed by atoms with van der Waals surface area (Å²) < 4.78 is 23.6. The van der Waals surface area contributed by atoms with E-state index in [0.717, 1.165) is 11.4 Å². The molecule has 0 bridgehead atoms. The lowest BCUT2D eigenvalue weighted by Gasteiger charge is -2.28. The summed E-state index contributed by atoms with van der Waals surface area (Å²) in [6, 6.07) is 5.58. The second-order valence-electron chi connectivity index (χ2n) is 8.79. The van der Waals surface area contributed by atoms with Gasteiger partial charge < -0.3 is 33.7 Å². The Morgan fingerprint density at radius 2 is 1.97 bits per heavy atom. The van der Waals surface area contributed by atoms with Crippen LogP contribution in [0.25, 0.3) is 11.2 Å². The summed E-state index contributed by atoms with van der Waals surface area (Å²) in [5.41, 5.74) is 2.39. The number of thioether (sulfide) groups is 1. The summed E-state index contributed by atoms with van der Waals surface area (Å²) in [4.78, 5) is 33.4. The number of morpholine rings is 1. The largest absolute Gasteiger partial charge is 0.493 e. The van der Waals surface area contributed by atoms with Crippen LogP contribution in [0, 0.1) is 0 Å². The molecule has 0 radical (unpaired) electrons. The third-order valence-electron chi connectivity index (χ3n) is 6.29. The number of ether oxygens (including phenoxy) is 4. The number of rotatable bonds is 8. The van der Waals surface area contributed by atoms with Crippen LogP contribution in [0.1, 0.15) is 19.4 Å². The first-order chi connectivity index (χ1) is 18.5. The zero-order chi connectivity index (χ0) is 26.6. The molecule has 2 aliphatic heterocycles. The van der Waals surface area contributed by atoms with E-state index in [2.05, 4.69) is 20.2 Å². The van der Waals surface area contributed by atoms with Crippen LogP contribution in [0.4, 0.5) is 11.8 Å². The van der Waals surface area contributed by atoms with Crippen molar-refractivity contribution in [2.24, 2.45) is 4.99 Å². The van der Waals surface area contributed by atoms with Gasteiger partial charge in [0.2, 0.25) is 5.95 Å². The van der Waals surface area contributed by atoms with E-state index < -0.39 is 5.25 Å². The van der Waals surface area contributed by atoms with E-state index in [9.17, 15) is 4.79 Å². The number of amidine groups is 1. The number of nitrogens with one attached hydrogen (secondary N) is 1. The number of nitrogens with zero attached hydrogens (tertiary/aromatic N) is 6. The van der Waals surface area contributed by atoms with Crippen molar-refractivity contribution < 1.29 is 23.7 Å². The fourth-order valence-corrected chi connectivity index (χ4v) is 5.44. The van der Waals surface area contributed by atoms with E-state index in [1.807, 2.05) is 29.7 Å². The molecule has 0 spiro atoms. The Balaban J connectivity index is 1.47. The number of aromatic nitrogens is 4. The predicted molar refractivity (Wildman–Crippen MR) is 146 cm³/mol. The van der Waals surface area contributed by atoms with Gasteiger partial charge in [-0.3, -0.25) is 9.79 Å². The third kappa shape index (κ3) is 5.34. The standard InChI is InChI=1S/C25H31N7O5S/c1-5-37-23(33)20-15(2)27-25(38-20)30-24-28-21(31-8-10-36-11-9-31)19-22(29-24)32(14-26-19)13-16-6-7-17(34-3)18(12-16)35-4/h6-7,12,14-15,20H,5,8-11,13H2,1-4H3,(H,27,28,29,30). The Morgan fingerprint density at radius 1 is 1.18 bits per heavy atom. The smallest absolute Gasteiger partial charge is 0.321 e. The van der Waals surface area contributed by atoms with Gasteiger partial charge in [0.05, 0.1) is 53.0 Å². The maximum absolute atomic E-state index is 12.3. The summed E-state index contributed by atoms with van der Waals surface area (Å²) in [5.74, 6) is 2.16. The van der Waals surface area contributed by atoms with Crippen molar-refractivity contribution in [3.8, 4) is 11.5 Å². The second kappa shape index (κ2) is 11.4. The molecule has 202 valence electrons. The van der Waals surface area contributed by atoms with Crippen molar-refractivity contribution in [2.45, 2.75) is 31.7 Å². The highest BCUT2D eigenvalue weighted by atomic mass is 32.2. The number of carbonyl (C=O) groups is 1. The fraction of sp³-hybridized carbons (Fsp3) is 0.480. The highest BCUT2D eigenvalue weighted by Crippen LogP contribution is 2.31. The molecule has 2 unspecified atom stereocenters. The number of hydrogen-bond donors (Lipinski definition) is 1. The normalized spacial score (nSPS) is 19.4. The topological polar surface area (TPSA) is 125 Å². The molecule has 1 saturated heterocycles. The number of esters is 1. The molecule has 5 rings (SSSR count). The van der Waals surface area contributed by atoms with Gasteiger partial charge in [0.25, 0.3) is 0 Å². The number of anilines is 2. The van der Waals surface area contributed by atoms with Gasteiger partial charge in [-0.1, -0.05) is 17.8 Å². The molecule has 2 aromatic heterocycles. The molecule has 4 heterocycles. The van der Waals surface area contributed by atoms with Crippen molar-refractivity contribution in [3.63, 3.8) is 0 Å². The molecule has 1 fully saturated rings. The van der Waals surface area contributed by atoms with Crippen LogP contribution in [-0.4, -0.2) is 89.1 Å². The van der Waals surface area contributed by atoms with Crippen LogP contribution in [0.2, 0.25) is 0 Å². The highest BCUT2D eigenvalue weighted by molar-refractivity contribution is 8.15. The second-order valence-corrected chi connectivity index (χ2v) is 9.92. The first kappa shape index (κ1) is 26.0. The summed E-state index contributed by atoms with van der Waals surface area (Å²) >= 11 is 1.33. The molecule has 0 aliphatic carbocycles. The number of benzene rings is 1. The molecule has 38 heavy (non-hydrogen) atoms. The number of carbonyl (C=O) groups excluding carboxylic acids is 1. The first-order valence-corrected chi connectivity index (χ1v) is 13.3. The summed E-state index contributed by atoms with van der Waals surface area (Å²) in [5, 5.41) is 3.40. The maximum atomic E-state index is 12.3. The van der Waals surface area contributed by atoms with Crippen molar-refractivity contribution in [3.05, 3.63) is 30.1 Å². The fourth-order valence-electron chi connectivity index (χ4n) is 4.40. The third-order valence-corrected chi connectivity index (χ3v) is 7.56. The van der Waals surface area contributed by atoms with Gasteiger partial charge >= 0.3 is 5.97 Å². The van der Waals surface area contributed by atoms with Crippen LogP contribution >= 0.6 is 11.8 Å². The number of hydrogen-bond acceptors (Lipinski definition) is 12. The minimum Gasteiger partial charge on any atom is -0.493 e. The molecule has 2 aliphatic rings. The molecule has 13 heteroatoms. The van der Waals surface area contributed by atoms with Crippen LogP contribution in [0.15, 0.2) is 29.5 Å². The average Bonchev–Trinajstić information content (AvgIpc) is 3.51. The van der Waals surface area contributed by atoms with Gasteiger partial charge in [0.1, 0.15) is 5.25 Å². The number of aliphatic imine (C=N–C) groups is 1. The SMILES string of the molecule is CCOC(=O)C1SC(Nc2nc(N3CCOCC3)c3ncn(Cc4ccc(OC)c(OC)c4)c3n2)=NC1C. The zero-order valence-electron chi connectivity index (χ0n) is 21.8. The molecular weight excluding hydrogens is 510 g/mol. The lowest BCUT2D eigenvalue weighted by molar-refractivity contribution is -0.142. The lowest BCUT2D eigenvalue weighted by Crippen LogP contribution is -2.37. The number of fused-ring (bicyclic) bond motifs is 1. The van der Waals surface area contributed by atoms with E-state index in [0.29, 0.717) is 73.2 Å². The van der Waals surface area contributed by atoms with Crippen LogP contribution in [0.5, 0.6) is 11.5 Å². The van der Waals surface area contributed by atoms with Crippen molar-refractivity contribution in [2.75, 3.05) is 57.3 Å². The van der Waals surface area contributed by atoms with Crippen molar-refractivity contribution in [1.29, 1.82) is 0 Å². The number of imidazole rings is 1. The van der Waals surface area contributed by atoms with E-state index >= 15 is 0 Å². The van der Waals surface area contributed by atoms with Crippen LogP contribution in [-0.2, 0) is 20.8 Å². The van der Waals surface area contributed by atoms with Gasteiger partial charge in [-0.05, 0) is 31.5 Å². The van der Waals surface area contributed by atoms with E-state index in [1.54, 1.807) is 27.5 Å². The Morgan fingerprint density at radius 3 is 2.71 bits per heavy atom. The van der Waals surface area contributed by atoms with Gasteiger partial charge in [0.15, 0.2) is 33.6 Å². The van der Waals surface area contributed by atoms with Crippen LogP contribution in [0.3, 0.4) is 0 Å². The Kier molecular flexibility index (Phi) is 7.84. The molecule has 1 N–H and O–H groups in total. The highest BCUT2D eigenvalue weighted by Gasteiger charge is 2.35. The quantitative estimate of drug-likeness (QED) is 0.423. The maximum Gasteiger partial charge on any atom is 0.321 e. The van der Waals surface area contributed by atoms with E-state index in [4.69, 9.17) is 28.9 Å². The Hall–Kier alpha value is -3.58. The van der Waals surface area contributed by atoms with Gasteiger partial charge in [-0.15, -0.1) is 0 Å². The average molecular weight is 542 g/mol. The minimum absolute atomic E-state index is 0.223. The molecular formula is C25H31N7O5S. The summed E-state index contributed by atoms with van der Waals surface area (Å²) in [7, 11) is 3.23. The molecule has 0 saturated carbocycles. The monoisotopic (exact) mass is 541 g/mol. The van der Waals surface area contributed by atoms with Crippen molar-refractivity contribution in [1.82, 2.24) is 19.5 Å². The van der Waals surface area contributed by atoms with Gasteiger partial charge in [-0.25, -0.2) is 4.98 Å². The Labute approximate surface area is 224 Å². The van der Waals surface area contributed by atoms with Crippen molar-refractivity contribution >= 4 is 45.8 Å². The predicted octanol–water partition coefficient (Wildman–Crippen LogP) is 2.56. The van der Waals surface area contributed by atoms with Crippen LogP contribution < -0.4 is 19.7 Å². The lowest BCUT2D eigenvalue weighted by atomic mass is 10.2. The molecule has 3 aromatic rings. The van der Waals surface area contributed by atoms with Gasteiger partial charge in [0, 0.05) is 13.1 Å². The molecule has 12 nitrogen and oxygen atoms in total. The van der Waals surface area contributed by atoms with Gasteiger partial charge in [-0.2, -0.15) is 9.97 Å². The Bertz CT molecular complexity index is 1340. The molecule has 1 aromatic carbocycles. The zero-order valence-corrected chi connectivity index (χ0v) is 22.7. The summed E-state index contributed by atoms with van der Waals surface area (Å²) in [6.45, 7) is 7.17. The molecule has 2 atom stereocenters. The number of methoxy groups -OCH3 is 2. The van der Waals surface area contributed by atoms with E-state index in [1.165, 1.54) is 11.8 Å². The van der Waals surface area contributed by atoms with E-state index in [-0.39, 0.29) is 12.0 Å².